The van der Waals surface area contributed by atoms with Gasteiger partial charge in [0.15, 0.2) is 0 Å². The number of carbonyl (C=O) groups excluding carboxylic acids is 1. The van der Waals surface area contributed by atoms with Crippen LogP contribution in [-0.4, -0.2) is 366 Å². The largest absolute Gasteiger partial charge is 0.353 e. The molecule has 13 fully saturated rings. The van der Waals surface area contributed by atoms with Crippen molar-refractivity contribution in [3.05, 3.63) is 49.2 Å². The summed E-state index contributed by atoms with van der Waals surface area (Å²) in [7, 11) is 0. The molecule has 2 spiro atoms. The molecule has 1 amide bonds. The molecule has 21 nitrogen and oxygen atoms in total. The van der Waals surface area contributed by atoms with Crippen molar-refractivity contribution in [1.29, 1.82) is 0 Å². The molecule has 134 heavy (non-hydrogen) atoms. The van der Waals surface area contributed by atoms with Gasteiger partial charge >= 0.3 is 0 Å². The van der Waals surface area contributed by atoms with Gasteiger partial charge < -0.3 is 20.0 Å². The molecule has 0 bridgehead atoms. The quantitative estimate of drug-likeness (QED) is 0.231. The van der Waals surface area contributed by atoms with Crippen LogP contribution in [0, 0.1) is 10.8 Å². The van der Waals surface area contributed by atoms with Gasteiger partial charge in [-0.1, -0.05) is 44.3 Å². The van der Waals surface area contributed by atoms with E-state index < -0.39 is 0 Å². The summed E-state index contributed by atoms with van der Waals surface area (Å²) in [5.74, 6) is 1.85. The minimum Gasteiger partial charge on any atom is -0.353 e. The molecule has 11 saturated heterocycles. The first kappa shape index (κ1) is 121. The Morgan fingerprint density at radius 3 is 0.776 bits per heavy atom. The number of nitrogens with one attached hydrogen (secondary N) is 1. The highest BCUT2D eigenvalue weighted by Crippen LogP contribution is 2.51. The van der Waals surface area contributed by atoms with Crippen LogP contribution in [0.25, 0.3) is 0 Å². The van der Waals surface area contributed by atoms with Crippen molar-refractivity contribution >= 4 is 18.2 Å². The molecule has 0 unspecified atom stereocenters. The molecule has 0 atom stereocenters. The number of amides is 1. The number of hydrogen-bond acceptors (Lipinski definition) is 20. The maximum absolute atomic E-state index is 10.4. The Morgan fingerprint density at radius 2 is 0.530 bits per heavy atom. The first-order chi connectivity index (χ1) is 62.0. The second kappa shape index (κ2) is 54.8. The van der Waals surface area contributed by atoms with Crippen LogP contribution in [0.1, 0.15) is 378 Å². The molecule has 16 rings (SSSR count). The van der Waals surface area contributed by atoms with Crippen LogP contribution in [0.5, 0.6) is 0 Å². The molecule has 0 radical (unpaired) electrons. The second-order valence-corrected chi connectivity index (χ2v) is 53.6. The molecule has 2 aromatic rings. The predicted molar refractivity (Wildman–Crippen MR) is 581 cm³/mol. The maximum atomic E-state index is 10.4. The second-order valence-electron chi connectivity index (χ2n) is 53.6. The molecule has 2 aliphatic carbocycles. The Balaban J connectivity index is 0.000000260. The van der Waals surface area contributed by atoms with Crippen LogP contribution in [0.15, 0.2) is 49.2 Å². The fraction of sp³-hybridized carbons (Fsp3) is 0.903. The first-order valence-electron chi connectivity index (χ1n) is 54.5. The number of rotatable bonds is 3. The first-order valence-corrected chi connectivity index (χ1v) is 54.5. The lowest BCUT2D eigenvalue weighted by atomic mass is 9.62. The summed E-state index contributed by atoms with van der Waals surface area (Å²) in [5.41, 5.74) is 5.97. The third-order valence-corrected chi connectivity index (χ3v) is 30.8. The van der Waals surface area contributed by atoms with Crippen LogP contribution in [0.4, 0.5) is 11.8 Å². The number of piperazine rings is 4. The Labute approximate surface area is 830 Å². The zero-order chi connectivity index (χ0) is 100. The minimum absolute atomic E-state index is 0.245. The van der Waals surface area contributed by atoms with Gasteiger partial charge in [-0.25, -0.2) is 15.0 Å². The van der Waals surface area contributed by atoms with Gasteiger partial charge in [-0.2, -0.15) is 0 Å². The highest BCUT2D eigenvalue weighted by molar-refractivity contribution is 5.47. The molecule has 0 aromatic carbocycles. The van der Waals surface area contributed by atoms with E-state index in [9.17, 15) is 4.79 Å². The maximum Gasteiger partial charge on any atom is 0.225 e. The van der Waals surface area contributed by atoms with E-state index in [2.05, 4.69) is 355 Å². The van der Waals surface area contributed by atoms with Gasteiger partial charge in [-0.3, -0.25) is 68.6 Å². The standard InChI is InChI=1S/2C12H20N4.C12H23N.C10H19N.C9H18N2O.3C9H19N.C8H18N2.C8H17N.C8H15N.C7H15N/c1-12(2,3)16-8-6-15(7-9-16)11-10-13-4-5-14-11;1-12(2,3)16-9-7-15(8-10-16)11-13-5-4-6-14-11;1-11(2,3)13-9-7-12(8-10-13)5-4-6-12;1-9(2,3)11-7-10(8-11)5-4-6-10;1-9(2,3)11-6-4-10(8-12)5-7-11;3*1-9(2,3)10-7-5-4-6-8-10;1-8(2,3)10-6-4-9-5-7-10;2*1-8(2,3)9-6-4-5-7-9;1-7(2,3)8-5-4-6-8/h4-5,10H,6-9H2,1-3H3;4-6H,7-10H2,1-3H3;4-10H2,1-3H3;4-8H2,1-3H3;8H,4-7H2,1-3H3;3*4-8H2,1-3H3;9H,4-7H2,1-3H3;4-7H2,1-3H3;4-5H,6-7H2,1-3H3;4-6H2,1-3H3. The van der Waals surface area contributed by atoms with E-state index in [4.69, 9.17) is 0 Å². The average molecular weight is 1880 g/mol. The molecule has 1 N–H and O–H groups in total. The summed E-state index contributed by atoms with van der Waals surface area (Å²) in [6, 6.07) is 1.86. The fourth-order valence-corrected chi connectivity index (χ4v) is 20.1. The lowest BCUT2D eigenvalue weighted by Crippen LogP contribution is -2.64. The third-order valence-electron chi connectivity index (χ3n) is 30.8. The van der Waals surface area contributed by atoms with Gasteiger partial charge in [0.2, 0.25) is 12.4 Å². The normalized spacial score (nSPS) is 22.9. The van der Waals surface area contributed by atoms with Gasteiger partial charge in [0.1, 0.15) is 5.82 Å². The van der Waals surface area contributed by atoms with Crippen LogP contribution in [0.3, 0.4) is 0 Å². The van der Waals surface area contributed by atoms with E-state index in [0.717, 1.165) is 134 Å². The number of nitrogens with zero attached hydrogens (tertiary/aromatic N) is 19. The molecule has 780 valence electrons. The zero-order valence-corrected chi connectivity index (χ0v) is 95.4. The van der Waals surface area contributed by atoms with E-state index in [1.165, 1.54) is 233 Å². The van der Waals surface area contributed by atoms with Crippen LogP contribution < -0.4 is 15.1 Å². The van der Waals surface area contributed by atoms with E-state index in [0.29, 0.717) is 49.9 Å². The number of hydrogen-bond donors (Lipinski definition) is 1. The summed E-state index contributed by atoms with van der Waals surface area (Å²) < 4.78 is 0. The Kier molecular flexibility index (Phi) is 49.4. The van der Waals surface area contributed by atoms with Crippen molar-refractivity contribution in [2.75, 3.05) is 219 Å². The SMILES string of the molecule is CC(C)(C)N1CC2(CCC2)C1.CC(C)(C)N1CC=CC1.CC(C)(C)N1CCC1.CC(C)(C)N1CCC2(CCC2)CC1.CC(C)(C)N1CCCC1.CC(C)(C)N1CCCCC1.CC(C)(C)N1CCCCC1.CC(C)(C)N1CCCCC1.CC(C)(C)N1CCN(C=O)CC1.CC(C)(C)N1CCN(c2cnccn2)CC1.CC(C)(C)N1CCN(c2ncccn2)CC1.CC(C)(C)N1CCNCC1. The van der Waals surface area contributed by atoms with Crippen molar-refractivity contribution in [2.24, 2.45) is 10.8 Å². The molecule has 21 heteroatoms. The van der Waals surface area contributed by atoms with Gasteiger partial charge in [-0.05, 0) is 441 Å². The highest BCUT2D eigenvalue weighted by atomic mass is 16.1. The Bertz CT molecular complexity index is 3190. The summed E-state index contributed by atoms with van der Waals surface area (Å²) in [6.07, 6.45) is 43.2. The van der Waals surface area contributed by atoms with Crippen molar-refractivity contribution in [2.45, 2.75) is 444 Å². The molecular weight excluding hydrogens is 1650 g/mol. The fourth-order valence-electron chi connectivity index (χ4n) is 20.1. The van der Waals surface area contributed by atoms with E-state index >= 15 is 0 Å². The van der Waals surface area contributed by atoms with E-state index in [1.54, 1.807) is 24.8 Å². The van der Waals surface area contributed by atoms with Gasteiger partial charge in [0.05, 0.1) is 6.20 Å². The Morgan fingerprint density at radius 1 is 0.254 bits per heavy atom. The summed E-state index contributed by atoms with van der Waals surface area (Å²) >= 11 is 0. The van der Waals surface area contributed by atoms with Crippen molar-refractivity contribution in [3.63, 3.8) is 0 Å². The smallest absolute Gasteiger partial charge is 0.225 e. The lowest BCUT2D eigenvalue weighted by Gasteiger charge is -2.60. The van der Waals surface area contributed by atoms with Crippen molar-refractivity contribution in [1.82, 2.24) is 89.0 Å². The number of likely N-dealkylation sites (tertiary alicyclic amines) is 7. The van der Waals surface area contributed by atoms with Gasteiger partial charge in [0.25, 0.3) is 0 Å². The number of anilines is 2. The number of carbonyl (C=O) groups is 1. The van der Waals surface area contributed by atoms with Crippen LogP contribution in [0.2, 0.25) is 0 Å². The Hall–Kier alpha value is -3.55. The summed E-state index contributed by atoms with van der Waals surface area (Å²) in [4.78, 5) is 64.2. The summed E-state index contributed by atoms with van der Waals surface area (Å²) in [5, 5.41) is 3.35. The molecule has 14 heterocycles. The van der Waals surface area contributed by atoms with Gasteiger partial charge in [-0.15, -0.1) is 0 Å². The summed E-state index contributed by atoms with van der Waals surface area (Å²) in [6.45, 7) is 120. The number of piperidine rings is 4. The molecule has 12 aliphatic heterocycles. The minimum atomic E-state index is 0.245. The number of aromatic nitrogens is 4. The van der Waals surface area contributed by atoms with Crippen molar-refractivity contribution < 1.29 is 4.79 Å². The highest BCUT2D eigenvalue weighted by Gasteiger charge is 2.50. The monoisotopic (exact) mass is 1880 g/mol. The lowest BCUT2D eigenvalue weighted by molar-refractivity contribution is -0.120. The average Bonchev–Trinajstić information content (AvgIpc) is 0.801. The third kappa shape index (κ3) is 45.4. The molecular formula is C113H222N20O. The molecule has 2 saturated carbocycles. The van der Waals surface area contributed by atoms with Gasteiger partial charge in [0, 0.05) is 222 Å². The van der Waals surface area contributed by atoms with Crippen LogP contribution >= 0.6 is 0 Å². The topological polar surface area (TPSA) is 129 Å². The predicted octanol–water partition coefficient (Wildman–Crippen LogP) is 21.2. The van der Waals surface area contributed by atoms with Crippen molar-refractivity contribution in [3.8, 4) is 0 Å². The van der Waals surface area contributed by atoms with Crippen LogP contribution in [-0.2, 0) is 4.79 Å². The van der Waals surface area contributed by atoms with E-state index in [1.807, 2.05) is 17.2 Å². The van der Waals surface area contributed by atoms with E-state index in [-0.39, 0.29) is 16.6 Å². The zero-order valence-electron chi connectivity index (χ0n) is 95.4. The molecule has 14 aliphatic rings. The molecule has 2 aromatic heterocycles.